The summed E-state index contributed by atoms with van der Waals surface area (Å²) in [6.07, 6.45) is 5.67. The zero-order chi connectivity index (χ0) is 31.2. The Morgan fingerprint density at radius 1 is 0.426 bits per heavy atom. The van der Waals surface area contributed by atoms with Crippen LogP contribution in [0.3, 0.4) is 0 Å². The molecule has 0 amide bonds. The molecular formula is C40H24N6S. The molecule has 0 spiro atoms. The van der Waals surface area contributed by atoms with Gasteiger partial charge in [-0.15, -0.1) is 11.3 Å². The summed E-state index contributed by atoms with van der Waals surface area (Å²) < 4.78 is 1.13. The number of aromatic nitrogens is 6. The predicted molar refractivity (Wildman–Crippen MR) is 191 cm³/mol. The number of para-hydroxylation sites is 1. The Bertz CT molecular complexity index is 2520. The number of rotatable bonds is 5. The molecule has 0 aliphatic heterocycles. The second-order valence-electron chi connectivity index (χ2n) is 11.2. The van der Waals surface area contributed by atoms with Crippen molar-refractivity contribution in [2.45, 2.75) is 0 Å². The Balaban J connectivity index is 1.14. The SMILES string of the molecule is c1ccc(-c2nc(-c3ccccc3)nc(-c3cccc(-c4cnc5c(-c6ccnc7sc8cccnc8c67)cccc5c4)c3)n2)cc1. The Hall–Kier alpha value is -6.18. The molecule has 220 valence electrons. The van der Waals surface area contributed by atoms with Crippen LogP contribution in [0.1, 0.15) is 0 Å². The van der Waals surface area contributed by atoms with Crippen LogP contribution in [0.2, 0.25) is 0 Å². The van der Waals surface area contributed by atoms with Crippen molar-refractivity contribution in [2.24, 2.45) is 0 Å². The van der Waals surface area contributed by atoms with E-state index < -0.39 is 0 Å². The minimum absolute atomic E-state index is 0.619. The van der Waals surface area contributed by atoms with E-state index in [4.69, 9.17) is 24.9 Å². The molecule has 0 fully saturated rings. The number of hydrogen-bond acceptors (Lipinski definition) is 7. The van der Waals surface area contributed by atoms with Crippen molar-refractivity contribution in [3.8, 4) is 56.4 Å². The fraction of sp³-hybridized carbons (Fsp3) is 0. The molecule has 0 N–H and O–H groups in total. The first-order chi connectivity index (χ1) is 23.3. The number of benzene rings is 4. The van der Waals surface area contributed by atoms with Crippen molar-refractivity contribution < 1.29 is 0 Å². The maximum absolute atomic E-state index is 5.04. The first-order valence-corrected chi connectivity index (χ1v) is 16.1. The topological polar surface area (TPSA) is 77.3 Å². The van der Waals surface area contributed by atoms with Gasteiger partial charge in [-0.1, -0.05) is 97.1 Å². The van der Waals surface area contributed by atoms with Crippen molar-refractivity contribution in [1.29, 1.82) is 0 Å². The molecule has 0 radical (unpaired) electrons. The van der Waals surface area contributed by atoms with E-state index in [1.165, 1.54) is 0 Å². The molecule has 7 heteroatoms. The Kier molecular flexibility index (Phi) is 6.54. The molecule has 9 rings (SSSR count). The fourth-order valence-electron chi connectivity index (χ4n) is 6.05. The van der Waals surface area contributed by atoms with Crippen molar-refractivity contribution in [3.05, 3.63) is 146 Å². The van der Waals surface area contributed by atoms with E-state index in [9.17, 15) is 0 Å². The summed E-state index contributed by atoms with van der Waals surface area (Å²) in [4.78, 5) is 30.1. The molecular weight excluding hydrogens is 597 g/mol. The van der Waals surface area contributed by atoms with Crippen LogP contribution in [-0.2, 0) is 0 Å². The first-order valence-electron chi connectivity index (χ1n) is 15.3. The smallest absolute Gasteiger partial charge is 0.164 e. The summed E-state index contributed by atoms with van der Waals surface area (Å²) in [7, 11) is 0. The van der Waals surface area contributed by atoms with Crippen molar-refractivity contribution in [1.82, 2.24) is 29.9 Å². The van der Waals surface area contributed by atoms with Crippen LogP contribution in [0, 0.1) is 0 Å². The molecule has 5 heterocycles. The zero-order valence-corrected chi connectivity index (χ0v) is 25.8. The van der Waals surface area contributed by atoms with Gasteiger partial charge in [0.1, 0.15) is 4.83 Å². The maximum Gasteiger partial charge on any atom is 0.164 e. The van der Waals surface area contributed by atoms with Crippen molar-refractivity contribution >= 4 is 42.7 Å². The lowest BCUT2D eigenvalue weighted by atomic mass is 9.97. The molecule has 6 nitrogen and oxygen atoms in total. The summed E-state index contributed by atoms with van der Waals surface area (Å²) in [6.45, 7) is 0. The van der Waals surface area contributed by atoms with Crippen LogP contribution in [0.5, 0.6) is 0 Å². The second kappa shape index (κ2) is 11.3. The highest BCUT2D eigenvalue weighted by Crippen LogP contribution is 2.40. The van der Waals surface area contributed by atoms with Gasteiger partial charge in [0.15, 0.2) is 17.5 Å². The molecule has 0 saturated heterocycles. The summed E-state index contributed by atoms with van der Waals surface area (Å²) in [5.74, 6) is 1.89. The lowest BCUT2D eigenvalue weighted by Gasteiger charge is -2.11. The van der Waals surface area contributed by atoms with Gasteiger partial charge in [0.2, 0.25) is 0 Å². The highest BCUT2D eigenvalue weighted by atomic mass is 32.1. The number of hydrogen-bond donors (Lipinski definition) is 0. The Labute approximate surface area is 274 Å². The number of thiophene rings is 1. The van der Waals surface area contributed by atoms with Gasteiger partial charge in [0, 0.05) is 57.2 Å². The number of nitrogens with zero attached hydrogens (tertiary/aromatic N) is 6. The van der Waals surface area contributed by atoms with Gasteiger partial charge in [0.25, 0.3) is 0 Å². The molecule has 0 aliphatic carbocycles. The highest BCUT2D eigenvalue weighted by Gasteiger charge is 2.16. The quantitative estimate of drug-likeness (QED) is 0.191. The summed E-state index contributed by atoms with van der Waals surface area (Å²) in [5, 5.41) is 2.13. The van der Waals surface area contributed by atoms with Crippen LogP contribution >= 0.6 is 11.3 Å². The lowest BCUT2D eigenvalue weighted by molar-refractivity contribution is 1.07. The molecule has 9 aromatic rings. The normalized spacial score (nSPS) is 11.4. The van der Waals surface area contributed by atoms with E-state index in [1.807, 2.05) is 97.5 Å². The van der Waals surface area contributed by atoms with Crippen LogP contribution in [0.15, 0.2) is 146 Å². The third-order valence-electron chi connectivity index (χ3n) is 8.28. The highest BCUT2D eigenvalue weighted by molar-refractivity contribution is 7.25. The Morgan fingerprint density at radius 3 is 1.87 bits per heavy atom. The minimum atomic E-state index is 0.619. The predicted octanol–water partition coefficient (Wildman–Crippen LogP) is 9.91. The molecule has 0 atom stereocenters. The van der Waals surface area contributed by atoms with E-state index >= 15 is 0 Å². The van der Waals surface area contributed by atoms with E-state index in [1.54, 1.807) is 11.3 Å². The van der Waals surface area contributed by atoms with E-state index in [-0.39, 0.29) is 0 Å². The third-order valence-corrected chi connectivity index (χ3v) is 9.34. The van der Waals surface area contributed by atoms with Gasteiger partial charge < -0.3 is 0 Å². The minimum Gasteiger partial charge on any atom is -0.255 e. The molecule has 5 aromatic heterocycles. The van der Waals surface area contributed by atoms with Crippen molar-refractivity contribution in [2.75, 3.05) is 0 Å². The van der Waals surface area contributed by atoms with Crippen molar-refractivity contribution in [3.63, 3.8) is 0 Å². The van der Waals surface area contributed by atoms with Crippen LogP contribution < -0.4 is 0 Å². The largest absolute Gasteiger partial charge is 0.255 e. The van der Waals surface area contributed by atoms with Gasteiger partial charge in [0.05, 0.1) is 15.7 Å². The second-order valence-corrected chi connectivity index (χ2v) is 12.2. The molecule has 0 bridgehead atoms. The van der Waals surface area contributed by atoms with Crippen LogP contribution in [-0.4, -0.2) is 29.9 Å². The van der Waals surface area contributed by atoms with Gasteiger partial charge in [-0.25, -0.2) is 19.9 Å². The first kappa shape index (κ1) is 27.2. The summed E-state index contributed by atoms with van der Waals surface area (Å²) in [5.41, 5.74) is 8.90. The lowest BCUT2D eigenvalue weighted by Crippen LogP contribution is -2.00. The van der Waals surface area contributed by atoms with E-state index in [0.717, 1.165) is 70.3 Å². The summed E-state index contributed by atoms with van der Waals surface area (Å²) >= 11 is 1.67. The molecule has 47 heavy (non-hydrogen) atoms. The van der Waals surface area contributed by atoms with Gasteiger partial charge in [-0.05, 0) is 41.5 Å². The maximum atomic E-state index is 5.04. The van der Waals surface area contributed by atoms with Gasteiger partial charge in [-0.3, -0.25) is 9.97 Å². The molecule has 0 unspecified atom stereocenters. The molecule has 0 aliphatic rings. The van der Waals surface area contributed by atoms with Gasteiger partial charge in [-0.2, -0.15) is 0 Å². The monoisotopic (exact) mass is 620 g/mol. The van der Waals surface area contributed by atoms with E-state index in [2.05, 4.69) is 53.5 Å². The average molecular weight is 621 g/mol. The molecule has 4 aromatic carbocycles. The average Bonchev–Trinajstić information content (AvgIpc) is 3.54. The molecule has 0 saturated carbocycles. The number of pyridine rings is 3. The zero-order valence-electron chi connectivity index (χ0n) is 24.9. The van der Waals surface area contributed by atoms with Crippen LogP contribution in [0.4, 0.5) is 0 Å². The van der Waals surface area contributed by atoms with E-state index in [0.29, 0.717) is 17.5 Å². The Morgan fingerprint density at radius 2 is 1.11 bits per heavy atom. The number of fused-ring (bicyclic) bond motifs is 4. The standard InChI is InChI=1S/C40H24N6S/c1-3-10-25(11-4-1)37-44-38(26-12-5-2-6-13-26)46-39(45-37)29-16-7-14-27(22-29)30-23-28-15-8-17-32(35(28)43-24-30)31-19-21-42-40-34(31)36-33(47-40)18-9-20-41-36/h1-24H. The van der Waals surface area contributed by atoms with Crippen LogP contribution in [0.25, 0.3) is 87.8 Å². The summed E-state index contributed by atoms with van der Waals surface area (Å²) in [6, 6.07) is 43.1. The third kappa shape index (κ3) is 4.90. The van der Waals surface area contributed by atoms with Gasteiger partial charge >= 0.3 is 0 Å². The fourth-order valence-corrected chi connectivity index (χ4v) is 7.08.